The summed E-state index contributed by atoms with van der Waals surface area (Å²) in [6.07, 6.45) is 2.08. The van der Waals surface area contributed by atoms with E-state index in [0.29, 0.717) is 12.4 Å². The molecule has 0 saturated carbocycles. The van der Waals surface area contributed by atoms with Crippen LogP contribution in [-0.2, 0) is 30.6 Å². The van der Waals surface area contributed by atoms with Crippen LogP contribution in [0.2, 0.25) is 0 Å². The summed E-state index contributed by atoms with van der Waals surface area (Å²) in [6.45, 7) is 3.65. The van der Waals surface area contributed by atoms with Crippen LogP contribution in [0.25, 0.3) is 11.3 Å². The van der Waals surface area contributed by atoms with E-state index in [4.69, 9.17) is 9.47 Å². The maximum absolute atomic E-state index is 11.7. The molecule has 0 saturated heterocycles. The minimum absolute atomic E-state index is 0. The molecule has 0 radical (unpaired) electrons. The number of aromatic nitrogens is 1. The van der Waals surface area contributed by atoms with Gasteiger partial charge >= 0.3 is 29.6 Å². The Bertz CT molecular complexity index is 1550. The average Bonchev–Trinajstić information content (AvgIpc) is 3.39. The van der Waals surface area contributed by atoms with Gasteiger partial charge in [0.25, 0.3) is 0 Å². The topological polar surface area (TPSA) is 63.5 Å². The molecule has 4 aromatic carbocycles. The zero-order valence-corrected chi connectivity index (χ0v) is 26.9. The molecular formula is C37H36NNaO4. The summed E-state index contributed by atoms with van der Waals surface area (Å²) < 4.78 is 14.1. The number of carbonyl (C=O) groups excluding carboxylic acids is 1. The first-order valence-electron chi connectivity index (χ1n) is 14.5. The van der Waals surface area contributed by atoms with E-state index in [0.717, 1.165) is 48.4 Å². The minimum Gasteiger partial charge on any atom is -0.546 e. The summed E-state index contributed by atoms with van der Waals surface area (Å²) >= 11 is 0. The van der Waals surface area contributed by atoms with Gasteiger partial charge in [0.05, 0.1) is 12.6 Å². The molecule has 0 amide bonds. The fourth-order valence-corrected chi connectivity index (χ4v) is 5.09. The van der Waals surface area contributed by atoms with E-state index >= 15 is 0 Å². The third-order valence-electron chi connectivity index (χ3n) is 7.42. The van der Waals surface area contributed by atoms with Crippen LogP contribution in [0.1, 0.15) is 28.8 Å². The van der Waals surface area contributed by atoms with Crippen molar-refractivity contribution < 1.29 is 48.9 Å². The van der Waals surface area contributed by atoms with Crippen LogP contribution in [0.4, 0.5) is 0 Å². The summed E-state index contributed by atoms with van der Waals surface area (Å²) in [6, 6.07) is 40.1. The molecule has 5 nitrogen and oxygen atoms in total. The van der Waals surface area contributed by atoms with Gasteiger partial charge in [0, 0.05) is 24.4 Å². The number of carboxylic acids is 1. The van der Waals surface area contributed by atoms with Crippen LogP contribution < -0.4 is 44.1 Å². The first kappa shape index (κ1) is 32.2. The normalized spacial score (nSPS) is 11.4. The van der Waals surface area contributed by atoms with Gasteiger partial charge in [0.2, 0.25) is 0 Å². The molecule has 1 aromatic heterocycles. The summed E-state index contributed by atoms with van der Waals surface area (Å²) in [5.41, 5.74) is 6.81. The Morgan fingerprint density at radius 1 is 0.721 bits per heavy atom. The van der Waals surface area contributed by atoms with Crippen molar-refractivity contribution in [3.8, 4) is 22.8 Å². The third kappa shape index (κ3) is 9.36. The van der Waals surface area contributed by atoms with Gasteiger partial charge < -0.3 is 23.9 Å². The van der Waals surface area contributed by atoms with Gasteiger partial charge in [0.1, 0.15) is 17.6 Å². The Balaban J connectivity index is 0.00000423. The van der Waals surface area contributed by atoms with E-state index in [1.54, 1.807) is 0 Å². The molecule has 43 heavy (non-hydrogen) atoms. The number of hydrogen-bond acceptors (Lipinski definition) is 4. The fraction of sp³-hybridized carbons (Fsp3) is 0.216. The number of carboxylic acid groups (broad SMARTS) is 1. The van der Waals surface area contributed by atoms with E-state index in [1.807, 2.05) is 60.7 Å². The standard InChI is InChI=1S/C37H37NO4.Na/c1-28-14-23-35(32-17-21-34(22-18-32)42-36(37(39)40)27-31-11-6-3-7-12-31)38(28)25-24-30-15-19-33(20-16-30)41-26-8-13-29-9-4-2-5-10-29;/h2-7,9-12,14-23,36H,8,13,24-27H2,1H3,(H,39,40);/q;+1/p-1/t36-;/m1./s1. The van der Waals surface area contributed by atoms with Gasteiger partial charge in [-0.3, -0.25) is 0 Å². The SMILES string of the molecule is Cc1ccc(-c2ccc(O[C@H](Cc3ccccc3)C(=O)[O-])cc2)n1CCc1ccc(OCCCc2ccccc2)cc1.[Na+]. The molecule has 0 unspecified atom stereocenters. The summed E-state index contributed by atoms with van der Waals surface area (Å²) in [4.78, 5) is 11.7. The molecule has 1 heterocycles. The molecule has 6 heteroatoms. The molecule has 0 spiro atoms. The molecule has 214 valence electrons. The molecule has 0 aliphatic heterocycles. The van der Waals surface area contributed by atoms with E-state index in [1.165, 1.54) is 16.8 Å². The Morgan fingerprint density at radius 3 is 1.98 bits per heavy atom. The molecular weight excluding hydrogens is 545 g/mol. The van der Waals surface area contributed by atoms with Gasteiger partial charge in [-0.05, 0) is 97.0 Å². The molecule has 0 N–H and O–H groups in total. The maximum Gasteiger partial charge on any atom is 1.00 e. The number of aryl methyl sites for hydroxylation is 3. The van der Waals surface area contributed by atoms with Crippen molar-refractivity contribution in [3.63, 3.8) is 0 Å². The number of ether oxygens (including phenoxy) is 2. The third-order valence-corrected chi connectivity index (χ3v) is 7.42. The second-order valence-electron chi connectivity index (χ2n) is 10.5. The zero-order valence-electron chi connectivity index (χ0n) is 24.9. The van der Waals surface area contributed by atoms with Crippen molar-refractivity contribution in [2.75, 3.05) is 6.61 Å². The molecule has 0 fully saturated rings. The number of carbonyl (C=O) groups is 1. The van der Waals surface area contributed by atoms with Crippen LogP contribution in [0.15, 0.2) is 121 Å². The van der Waals surface area contributed by atoms with Crippen LogP contribution in [0.3, 0.4) is 0 Å². The van der Waals surface area contributed by atoms with Crippen molar-refractivity contribution in [1.29, 1.82) is 0 Å². The molecule has 0 aliphatic carbocycles. The summed E-state index contributed by atoms with van der Waals surface area (Å²) in [7, 11) is 0. The van der Waals surface area contributed by atoms with Gasteiger partial charge in [-0.1, -0.05) is 72.8 Å². The van der Waals surface area contributed by atoms with Gasteiger partial charge in [-0.25, -0.2) is 0 Å². The van der Waals surface area contributed by atoms with Crippen molar-refractivity contribution >= 4 is 5.97 Å². The molecule has 5 rings (SSSR count). The first-order valence-corrected chi connectivity index (χ1v) is 14.5. The van der Waals surface area contributed by atoms with Crippen molar-refractivity contribution in [2.24, 2.45) is 0 Å². The van der Waals surface area contributed by atoms with Crippen LogP contribution >= 0.6 is 0 Å². The second-order valence-corrected chi connectivity index (χ2v) is 10.5. The first-order chi connectivity index (χ1) is 20.5. The Labute approximate surface area is 276 Å². The van der Waals surface area contributed by atoms with Crippen molar-refractivity contribution in [2.45, 2.75) is 45.3 Å². The number of rotatable bonds is 14. The quantitative estimate of drug-likeness (QED) is 0.149. The molecule has 0 aliphatic rings. The van der Waals surface area contributed by atoms with Gasteiger partial charge in [-0.15, -0.1) is 0 Å². The molecule has 5 aromatic rings. The Kier molecular flexibility index (Phi) is 12.1. The van der Waals surface area contributed by atoms with Crippen LogP contribution in [0, 0.1) is 6.92 Å². The summed E-state index contributed by atoms with van der Waals surface area (Å²) in [5, 5.41) is 11.7. The number of benzene rings is 4. The van der Waals surface area contributed by atoms with Crippen molar-refractivity contribution in [1.82, 2.24) is 4.57 Å². The fourth-order valence-electron chi connectivity index (χ4n) is 5.09. The number of hydrogen-bond donors (Lipinski definition) is 0. The predicted molar refractivity (Wildman–Crippen MR) is 165 cm³/mol. The zero-order chi connectivity index (χ0) is 29.1. The Hall–Kier alpha value is -3.77. The number of nitrogens with zero attached hydrogens (tertiary/aromatic N) is 1. The van der Waals surface area contributed by atoms with Gasteiger partial charge in [-0.2, -0.15) is 0 Å². The average molecular weight is 582 g/mol. The van der Waals surface area contributed by atoms with Crippen LogP contribution in [-0.4, -0.2) is 23.2 Å². The Morgan fingerprint density at radius 2 is 1.33 bits per heavy atom. The summed E-state index contributed by atoms with van der Waals surface area (Å²) in [5.74, 6) is 0.174. The van der Waals surface area contributed by atoms with Gasteiger partial charge in [0.15, 0.2) is 0 Å². The van der Waals surface area contributed by atoms with Crippen LogP contribution in [0.5, 0.6) is 11.5 Å². The largest absolute Gasteiger partial charge is 1.00 e. The second kappa shape index (κ2) is 16.2. The van der Waals surface area contributed by atoms with Crippen molar-refractivity contribution in [3.05, 3.63) is 144 Å². The molecule has 0 bridgehead atoms. The van der Waals surface area contributed by atoms with E-state index in [-0.39, 0.29) is 36.0 Å². The maximum atomic E-state index is 11.7. The van der Waals surface area contributed by atoms with E-state index < -0.39 is 12.1 Å². The smallest absolute Gasteiger partial charge is 0.546 e. The molecule has 1 atom stereocenters. The monoisotopic (exact) mass is 581 g/mol. The minimum atomic E-state index is -1.23. The number of aliphatic carboxylic acids is 1. The van der Waals surface area contributed by atoms with E-state index in [9.17, 15) is 9.90 Å². The van der Waals surface area contributed by atoms with E-state index in [2.05, 4.69) is 72.2 Å². The predicted octanol–water partition coefficient (Wildman–Crippen LogP) is 3.46.